The number of nitrogens with one attached hydrogen (secondary N) is 4. The second-order valence-corrected chi connectivity index (χ2v) is 8.72. The highest BCUT2D eigenvalue weighted by Gasteiger charge is 2.30. The zero-order chi connectivity index (χ0) is 26.2. The van der Waals surface area contributed by atoms with Gasteiger partial charge in [-0.1, -0.05) is 24.3 Å². The van der Waals surface area contributed by atoms with Crippen molar-refractivity contribution in [3.05, 3.63) is 69.8 Å². The van der Waals surface area contributed by atoms with Crippen molar-refractivity contribution >= 4 is 39.3 Å². The van der Waals surface area contributed by atoms with Gasteiger partial charge in [-0.25, -0.2) is 8.42 Å². The summed E-state index contributed by atoms with van der Waals surface area (Å²) in [5.74, 6) is -2.94. The number of nitro benzene ring substituents is 1. The van der Waals surface area contributed by atoms with Gasteiger partial charge in [-0.15, -0.1) is 0 Å². The van der Waals surface area contributed by atoms with Gasteiger partial charge in [0.2, 0.25) is 15.9 Å². The molecule has 0 heterocycles. The average molecular weight is 506 g/mol. The summed E-state index contributed by atoms with van der Waals surface area (Å²) in [4.78, 5) is 45.0. The molecule has 15 heteroatoms. The van der Waals surface area contributed by atoms with E-state index >= 15 is 0 Å². The minimum absolute atomic E-state index is 0.0984. The first-order valence-corrected chi connectivity index (χ1v) is 11.4. The number of carbonyl (C=O) groups excluding carboxylic acids is 2. The number of carboxylic acid groups (broad SMARTS) is 1. The van der Waals surface area contributed by atoms with E-state index in [-0.39, 0.29) is 24.4 Å². The molecule has 1 atom stereocenters. The zero-order valence-corrected chi connectivity index (χ0v) is 18.9. The van der Waals surface area contributed by atoms with E-state index in [0.717, 1.165) is 12.1 Å². The number of sulfonamides is 1. The third-order valence-corrected chi connectivity index (χ3v) is 6.07. The highest BCUT2D eigenvalue weighted by Crippen LogP contribution is 2.22. The average Bonchev–Trinajstić information content (AvgIpc) is 2.81. The number of carboxylic acids is 1. The number of nitrogen functional groups attached to an aromatic ring is 1. The number of amidine groups is 1. The number of aliphatic carboxylic acids is 1. The van der Waals surface area contributed by atoms with Crippen LogP contribution >= 0.6 is 0 Å². The van der Waals surface area contributed by atoms with Gasteiger partial charge in [-0.2, -0.15) is 4.72 Å². The predicted octanol–water partition coefficient (Wildman–Crippen LogP) is -0.453. The normalized spacial score (nSPS) is 11.8. The molecule has 2 aromatic rings. The van der Waals surface area contributed by atoms with Gasteiger partial charge in [0.25, 0.3) is 11.6 Å². The van der Waals surface area contributed by atoms with E-state index in [1.807, 2.05) is 4.72 Å². The fraction of sp³-hybridized carbons (Fsp3) is 0.200. The lowest BCUT2D eigenvalue weighted by Crippen LogP contribution is -2.48. The quantitative estimate of drug-likeness (QED) is 0.0944. The molecule has 2 rings (SSSR count). The van der Waals surface area contributed by atoms with Crippen molar-refractivity contribution in [2.24, 2.45) is 5.73 Å². The fourth-order valence-corrected chi connectivity index (χ4v) is 4.12. The van der Waals surface area contributed by atoms with E-state index in [1.165, 1.54) is 36.4 Å². The van der Waals surface area contributed by atoms with Gasteiger partial charge >= 0.3 is 5.97 Å². The Morgan fingerprint density at radius 1 is 1.06 bits per heavy atom. The number of nitrogens with two attached hydrogens (primary N) is 1. The molecular formula is C20H22N6O8S. The molecule has 0 aliphatic rings. The van der Waals surface area contributed by atoms with E-state index in [4.69, 9.17) is 11.1 Å². The number of carbonyl (C=O) groups is 3. The number of amides is 2. The molecule has 0 aromatic heterocycles. The topological polar surface area (TPSA) is 235 Å². The van der Waals surface area contributed by atoms with E-state index in [9.17, 15) is 38.0 Å². The van der Waals surface area contributed by atoms with E-state index < -0.39 is 55.9 Å². The predicted molar refractivity (Wildman–Crippen MR) is 122 cm³/mol. The van der Waals surface area contributed by atoms with Crippen LogP contribution in [0.4, 0.5) is 5.69 Å². The first kappa shape index (κ1) is 26.9. The molecule has 0 unspecified atom stereocenters. The summed E-state index contributed by atoms with van der Waals surface area (Å²) in [6.07, 6.45) is -0.236. The van der Waals surface area contributed by atoms with Gasteiger partial charge in [-0.05, 0) is 18.2 Å². The third kappa shape index (κ3) is 7.58. The van der Waals surface area contributed by atoms with E-state index in [0.29, 0.717) is 5.56 Å². The van der Waals surface area contributed by atoms with Gasteiger partial charge in [0.05, 0.1) is 4.92 Å². The Bertz CT molecular complexity index is 1250. The molecule has 0 aliphatic heterocycles. The van der Waals surface area contributed by atoms with Crippen molar-refractivity contribution in [1.29, 1.82) is 5.41 Å². The fourth-order valence-electron chi connectivity index (χ4n) is 2.76. The molecule has 0 aliphatic carbocycles. The summed E-state index contributed by atoms with van der Waals surface area (Å²) >= 11 is 0. The molecule has 0 fully saturated rings. The smallest absolute Gasteiger partial charge is 0.323 e. The van der Waals surface area contributed by atoms with Crippen molar-refractivity contribution in [3.8, 4) is 0 Å². The lowest BCUT2D eigenvalue weighted by molar-refractivity contribution is -0.387. The Morgan fingerprint density at radius 2 is 1.66 bits per heavy atom. The summed E-state index contributed by atoms with van der Waals surface area (Å²) in [6.45, 7) is -0.743. The summed E-state index contributed by atoms with van der Waals surface area (Å²) in [5, 5.41) is 32.4. The molecule has 14 nitrogen and oxygen atoms in total. The summed E-state index contributed by atoms with van der Waals surface area (Å²) in [5.41, 5.74) is 5.31. The van der Waals surface area contributed by atoms with Crippen LogP contribution in [-0.2, 0) is 19.6 Å². The molecule has 0 radical (unpaired) electrons. The number of para-hydroxylation sites is 1. The number of benzene rings is 2. The highest BCUT2D eigenvalue weighted by atomic mass is 32.2. The molecule has 0 bridgehead atoms. The van der Waals surface area contributed by atoms with Gasteiger partial charge in [0.15, 0.2) is 4.90 Å². The molecular weight excluding hydrogens is 484 g/mol. The van der Waals surface area contributed by atoms with Gasteiger partial charge in [0, 0.05) is 36.7 Å². The van der Waals surface area contributed by atoms with Crippen molar-refractivity contribution in [2.75, 3.05) is 13.1 Å². The lowest BCUT2D eigenvalue weighted by Gasteiger charge is -2.16. The molecule has 186 valence electrons. The molecule has 2 amide bonds. The standard InChI is InChI=1S/C20H22N6O8S/c21-18(22)12-5-7-13(8-6-12)19(28)23-10-9-17(27)24-11-14(20(29)30)25-35(33,34)16-4-2-1-3-15(16)26(31)32/h1-8,14,25H,9-11H2,(H3,21,22)(H,23,28)(H,24,27)(H,29,30)/t14-/m0/s1. The van der Waals surface area contributed by atoms with Gasteiger partial charge in [-0.3, -0.25) is 29.9 Å². The number of hydrogen-bond donors (Lipinski definition) is 6. The lowest BCUT2D eigenvalue weighted by atomic mass is 10.1. The van der Waals surface area contributed by atoms with Gasteiger partial charge < -0.3 is 21.5 Å². The van der Waals surface area contributed by atoms with Crippen LogP contribution in [0, 0.1) is 15.5 Å². The Morgan fingerprint density at radius 3 is 2.23 bits per heavy atom. The molecule has 2 aromatic carbocycles. The van der Waals surface area contributed by atoms with Crippen molar-refractivity contribution in [3.63, 3.8) is 0 Å². The first-order chi connectivity index (χ1) is 16.4. The number of nitro groups is 1. The van der Waals surface area contributed by atoms with E-state index in [2.05, 4.69) is 10.6 Å². The minimum Gasteiger partial charge on any atom is -0.480 e. The van der Waals surface area contributed by atoms with Crippen LogP contribution in [0.3, 0.4) is 0 Å². The molecule has 0 spiro atoms. The zero-order valence-electron chi connectivity index (χ0n) is 18.1. The number of rotatable bonds is 12. The summed E-state index contributed by atoms with van der Waals surface area (Å²) in [6, 6.07) is 8.48. The second-order valence-electron chi connectivity index (χ2n) is 7.04. The monoisotopic (exact) mass is 506 g/mol. The van der Waals surface area contributed by atoms with Crippen LogP contribution in [0.5, 0.6) is 0 Å². The highest BCUT2D eigenvalue weighted by molar-refractivity contribution is 7.89. The summed E-state index contributed by atoms with van der Waals surface area (Å²) < 4.78 is 26.8. The Labute approximate surface area is 199 Å². The van der Waals surface area contributed by atoms with Crippen LogP contribution in [0.2, 0.25) is 0 Å². The van der Waals surface area contributed by atoms with Gasteiger partial charge in [0.1, 0.15) is 11.9 Å². The van der Waals surface area contributed by atoms with Crippen LogP contribution < -0.4 is 21.1 Å². The summed E-state index contributed by atoms with van der Waals surface area (Å²) in [7, 11) is -4.60. The molecule has 35 heavy (non-hydrogen) atoms. The maximum absolute atomic E-state index is 12.5. The Kier molecular flexibility index (Phi) is 8.96. The van der Waals surface area contributed by atoms with Crippen LogP contribution in [0.15, 0.2) is 53.4 Å². The van der Waals surface area contributed by atoms with E-state index in [1.54, 1.807) is 0 Å². The van der Waals surface area contributed by atoms with Crippen LogP contribution in [0.1, 0.15) is 22.3 Å². The molecule has 7 N–H and O–H groups in total. The maximum Gasteiger partial charge on any atom is 0.323 e. The second kappa shape index (κ2) is 11.7. The minimum atomic E-state index is -4.60. The third-order valence-electron chi connectivity index (χ3n) is 4.55. The largest absolute Gasteiger partial charge is 0.480 e. The SMILES string of the molecule is N=C(N)c1ccc(C(=O)NCCC(=O)NC[C@H](NS(=O)(=O)c2ccccc2[N+](=O)[O-])C(=O)O)cc1. The number of nitrogens with zero attached hydrogens (tertiary/aromatic N) is 1. The van der Waals surface area contributed by atoms with Crippen molar-refractivity contribution < 1.29 is 32.8 Å². The first-order valence-electron chi connectivity index (χ1n) is 9.90. The number of hydrogen-bond acceptors (Lipinski definition) is 8. The van der Waals surface area contributed by atoms with Crippen LogP contribution in [0.25, 0.3) is 0 Å². The van der Waals surface area contributed by atoms with Crippen LogP contribution in [-0.4, -0.2) is 61.2 Å². The Hall–Kier alpha value is -4.37. The Balaban J connectivity index is 1.90. The van der Waals surface area contributed by atoms with Crippen molar-refractivity contribution in [2.45, 2.75) is 17.4 Å². The molecule has 0 saturated heterocycles. The van der Waals surface area contributed by atoms with Crippen molar-refractivity contribution in [1.82, 2.24) is 15.4 Å². The maximum atomic E-state index is 12.5. The molecule has 0 saturated carbocycles.